The molecule has 0 unspecified atom stereocenters. The van der Waals surface area contributed by atoms with E-state index < -0.39 is 0 Å². The van der Waals surface area contributed by atoms with Crippen molar-refractivity contribution in [3.63, 3.8) is 0 Å². The summed E-state index contributed by atoms with van der Waals surface area (Å²) in [6.07, 6.45) is 0. The maximum atomic E-state index is 12.6. The molecule has 6 nitrogen and oxygen atoms in total. The van der Waals surface area contributed by atoms with Crippen LogP contribution >= 0.6 is 0 Å². The molecule has 1 saturated heterocycles. The molecule has 0 radical (unpaired) electrons. The average molecular weight is 383 g/mol. The minimum Gasteiger partial charge on any atom is -0.496 e. The molecule has 1 atom stereocenters. The first-order valence-electron chi connectivity index (χ1n) is 9.65. The van der Waals surface area contributed by atoms with Crippen molar-refractivity contribution in [2.45, 2.75) is 19.5 Å². The van der Waals surface area contributed by atoms with Gasteiger partial charge in [-0.2, -0.15) is 0 Å². The maximum absolute atomic E-state index is 12.6. The van der Waals surface area contributed by atoms with Gasteiger partial charge < -0.3 is 19.7 Å². The van der Waals surface area contributed by atoms with Crippen LogP contribution in [0.2, 0.25) is 0 Å². The lowest BCUT2D eigenvalue weighted by Gasteiger charge is -2.38. The van der Waals surface area contributed by atoms with Crippen LogP contribution in [0.3, 0.4) is 0 Å². The zero-order valence-corrected chi connectivity index (χ0v) is 16.9. The molecule has 2 aromatic carbocycles. The SMILES string of the molecule is COc1ccccc1CNC(=O)[C@H](C)N1CCN(c2ccccc2OC)CC1. The number of para-hydroxylation sites is 3. The van der Waals surface area contributed by atoms with Gasteiger partial charge in [0.25, 0.3) is 0 Å². The molecule has 0 spiro atoms. The summed E-state index contributed by atoms with van der Waals surface area (Å²) in [4.78, 5) is 17.2. The van der Waals surface area contributed by atoms with Crippen LogP contribution in [-0.2, 0) is 11.3 Å². The molecule has 1 N–H and O–H groups in total. The minimum absolute atomic E-state index is 0.0386. The molecule has 1 aliphatic heterocycles. The largest absolute Gasteiger partial charge is 0.496 e. The van der Waals surface area contributed by atoms with Crippen molar-refractivity contribution in [1.82, 2.24) is 10.2 Å². The lowest BCUT2D eigenvalue weighted by Crippen LogP contribution is -2.53. The molecule has 1 heterocycles. The number of hydrogen-bond donors (Lipinski definition) is 1. The van der Waals surface area contributed by atoms with E-state index in [0.29, 0.717) is 6.54 Å². The smallest absolute Gasteiger partial charge is 0.237 e. The fraction of sp³-hybridized carbons (Fsp3) is 0.409. The van der Waals surface area contributed by atoms with Gasteiger partial charge in [0.2, 0.25) is 5.91 Å². The number of methoxy groups -OCH3 is 2. The Morgan fingerprint density at radius 1 is 0.964 bits per heavy atom. The summed E-state index contributed by atoms with van der Waals surface area (Å²) in [5.74, 6) is 1.72. The third-order valence-electron chi connectivity index (χ3n) is 5.31. The second kappa shape index (κ2) is 9.46. The third-order valence-corrected chi connectivity index (χ3v) is 5.31. The Bertz CT molecular complexity index is 788. The standard InChI is InChI=1S/C22H29N3O3/c1-17(22(26)23-16-18-8-4-6-10-20(18)27-2)24-12-14-25(15-13-24)19-9-5-7-11-21(19)28-3/h4-11,17H,12-16H2,1-3H3,(H,23,26)/t17-/m0/s1. The number of piperazine rings is 1. The molecule has 0 aliphatic carbocycles. The van der Waals surface area contributed by atoms with Crippen molar-refractivity contribution in [3.05, 3.63) is 54.1 Å². The predicted molar refractivity (Wildman–Crippen MR) is 111 cm³/mol. The number of rotatable bonds is 7. The van der Waals surface area contributed by atoms with Crippen LogP contribution in [0.4, 0.5) is 5.69 Å². The van der Waals surface area contributed by atoms with Crippen LogP contribution < -0.4 is 19.7 Å². The molecule has 0 bridgehead atoms. The summed E-state index contributed by atoms with van der Waals surface area (Å²) in [6.45, 7) is 5.84. The third kappa shape index (κ3) is 4.57. The molecule has 28 heavy (non-hydrogen) atoms. The zero-order valence-electron chi connectivity index (χ0n) is 16.9. The van der Waals surface area contributed by atoms with Gasteiger partial charge in [0, 0.05) is 38.3 Å². The Morgan fingerprint density at radius 2 is 1.57 bits per heavy atom. The van der Waals surface area contributed by atoms with E-state index in [1.165, 1.54) is 0 Å². The first-order valence-corrected chi connectivity index (χ1v) is 9.65. The lowest BCUT2D eigenvalue weighted by atomic mass is 10.1. The van der Waals surface area contributed by atoms with Crippen molar-refractivity contribution in [1.29, 1.82) is 0 Å². The summed E-state index contributed by atoms with van der Waals surface area (Å²) >= 11 is 0. The normalized spacial score (nSPS) is 15.8. The molecule has 150 valence electrons. The van der Waals surface area contributed by atoms with Gasteiger partial charge in [-0.1, -0.05) is 30.3 Å². The lowest BCUT2D eigenvalue weighted by molar-refractivity contribution is -0.126. The second-order valence-electron chi connectivity index (χ2n) is 6.90. The van der Waals surface area contributed by atoms with Gasteiger partial charge in [0.15, 0.2) is 0 Å². The highest BCUT2D eigenvalue weighted by atomic mass is 16.5. The van der Waals surface area contributed by atoms with Gasteiger partial charge in [0.05, 0.1) is 25.9 Å². The number of amides is 1. The Morgan fingerprint density at radius 3 is 2.25 bits per heavy atom. The van der Waals surface area contributed by atoms with Crippen LogP contribution in [0.5, 0.6) is 11.5 Å². The monoisotopic (exact) mass is 383 g/mol. The first kappa shape index (κ1) is 20.0. The highest BCUT2D eigenvalue weighted by Crippen LogP contribution is 2.28. The average Bonchev–Trinajstić information content (AvgIpc) is 2.77. The Labute approximate surface area is 167 Å². The highest BCUT2D eigenvalue weighted by Gasteiger charge is 2.26. The zero-order chi connectivity index (χ0) is 19.9. The number of ether oxygens (including phenoxy) is 2. The topological polar surface area (TPSA) is 54.0 Å². The van der Waals surface area contributed by atoms with Crippen molar-refractivity contribution in [3.8, 4) is 11.5 Å². The fourth-order valence-electron chi connectivity index (χ4n) is 3.59. The summed E-state index contributed by atoms with van der Waals surface area (Å²) in [6, 6.07) is 15.6. The minimum atomic E-state index is -0.172. The van der Waals surface area contributed by atoms with Gasteiger partial charge >= 0.3 is 0 Å². The number of nitrogens with one attached hydrogen (secondary N) is 1. The quantitative estimate of drug-likeness (QED) is 0.796. The number of nitrogens with zero attached hydrogens (tertiary/aromatic N) is 2. The molecule has 0 aromatic heterocycles. The van der Waals surface area contributed by atoms with Gasteiger partial charge in [-0.15, -0.1) is 0 Å². The van der Waals surface area contributed by atoms with Crippen molar-refractivity contribution < 1.29 is 14.3 Å². The van der Waals surface area contributed by atoms with Crippen LogP contribution in [0, 0.1) is 0 Å². The molecule has 1 aliphatic rings. The van der Waals surface area contributed by atoms with Crippen LogP contribution in [0.25, 0.3) is 0 Å². The van der Waals surface area contributed by atoms with E-state index in [1.54, 1.807) is 14.2 Å². The Balaban J connectivity index is 1.53. The highest BCUT2D eigenvalue weighted by molar-refractivity contribution is 5.81. The molecule has 1 amide bonds. The van der Waals surface area contributed by atoms with E-state index in [2.05, 4.69) is 21.2 Å². The number of carbonyl (C=O) groups excluding carboxylic acids is 1. The van der Waals surface area contributed by atoms with E-state index >= 15 is 0 Å². The van der Waals surface area contributed by atoms with E-state index in [4.69, 9.17) is 9.47 Å². The Hall–Kier alpha value is -2.73. The molecule has 1 fully saturated rings. The van der Waals surface area contributed by atoms with Gasteiger partial charge in [-0.3, -0.25) is 9.69 Å². The summed E-state index contributed by atoms with van der Waals surface area (Å²) in [5, 5.41) is 3.04. The van der Waals surface area contributed by atoms with Crippen molar-refractivity contribution >= 4 is 11.6 Å². The molecular weight excluding hydrogens is 354 g/mol. The van der Waals surface area contributed by atoms with Crippen molar-refractivity contribution in [2.24, 2.45) is 0 Å². The van der Waals surface area contributed by atoms with Crippen LogP contribution in [0.15, 0.2) is 48.5 Å². The fourth-order valence-corrected chi connectivity index (χ4v) is 3.59. The van der Waals surface area contributed by atoms with Crippen LogP contribution in [-0.4, -0.2) is 57.2 Å². The van der Waals surface area contributed by atoms with Crippen molar-refractivity contribution in [2.75, 3.05) is 45.3 Å². The predicted octanol–water partition coefficient (Wildman–Crippen LogP) is 2.53. The van der Waals surface area contributed by atoms with E-state index in [-0.39, 0.29) is 11.9 Å². The van der Waals surface area contributed by atoms with Gasteiger partial charge in [-0.25, -0.2) is 0 Å². The Kier molecular flexibility index (Phi) is 6.76. The van der Waals surface area contributed by atoms with Crippen LogP contribution in [0.1, 0.15) is 12.5 Å². The molecule has 3 rings (SSSR count). The van der Waals surface area contributed by atoms with E-state index in [0.717, 1.165) is 48.9 Å². The first-order chi connectivity index (χ1) is 13.6. The summed E-state index contributed by atoms with van der Waals surface area (Å²) in [7, 11) is 3.34. The molecule has 2 aromatic rings. The summed E-state index contributed by atoms with van der Waals surface area (Å²) in [5.41, 5.74) is 2.09. The maximum Gasteiger partial charge on any atom is 0.237 e. The van der Waals surface area contributed by atoms with E-state index in [1.807, 2.05) is 49.4 Å². The summed E-state index contributed by atoms with van der Waals surface area (Å²) < 4.78 is 10.8. The molecular formula is C22H29N3O3. The molecule has 6 heteroatoms. The number of carbonyl (C=O) groups is 1. The number of benzene rings is 2. The molecule has 0 saturated carbocycles. The van der Waals surface area contributed by atoms with E-state index in [9.17, 15) is 4.79 Å². The second-order valence-corrected chi connectivity index (χ2v) is 6.90. The van der Waals surface area contributed by atoms with Gasteiger partial charge in [0.1, 0.15) is 11.5 Å². The van der Waals surface area contributed by atoms with Gasteiger partial charge in [-0.05, 0) is 25.1 Å². The number of anilines is 1. The number of hydrogen-bond acceptors (Lipinski definition) is 5.